The van der Waals surface area contributed by atoms with E-state index in [4.69, 9.17) is 4.74 Å². The SMILES string of the molecule is COc1ccc(-c2nc(=O)c3cc(C(F)(F)F)cc([N+](=O)[O-])c3s2)cc1. The Hall–Kier alpha value is -3.01. The Balaban J connectivity index is 2.29. The molecule has 0 aliphatic carbocycles. The van der Waals surface area contributed by atoms with Crippen molar-refractivity contribution in [1.29, 1.82) is 0 Å². The van der Waals surface area contributed by atoms with Crippen molar-refractivity contribution in [3.8, 4) is 16.3 Å². The first-order valence-corrected chi connectivity index (χ1v) is 7.87. The van der Waals surface area contributed by atoms with E-state index in [0.29, 0.717) is 23.4 Å². The lowest BCUT2D eigenvalue weighted by molar-refractivity contribution is -0.383. The monoisotopic (exact) mass is 382 g/mol. The molecule has 1 heterocycles. The number of halogens is 3. The Bertz CT molecular complexity index is 1060. The third-order valence-corrected chi connectivity index (χ3v) is 4.72. The quantitative estimate of drug-likeness (QED) is 0.499. The third-order valence-electron chi connectivity index (χ3n) is 3.56. The fourth-order valence-electron chi connectivity index (χ4n) is 2.31. The van der Waals surface area contributed by atoms with Gasteiger partial charge in [-0.25, -0.2) is 0 Å². The second-order valence-electron chi connectivity index (χ2n) is 5.18. The number of aromatic nitrogens is 1. The molecule has 0 atom stereocenters. The molecule has 26 heavy (non-hydrogen) atoms. The van der Waals surface area contributed by atoms with Crippen LogP contribution in [0.3, 0.4) is 0 Å². The van der Waals surface area contributed by atoms with Crippen LogP contribution in [-0.2, 0) is 6.18 Å². The van der Waals surface area contributed by atoms with Gasteiger partial charge in [0.05, 0.1) is 23.0 Å². The zero-order valence-electron chi connectivity index (χ0n) is 13.0. The molecule has 0 spiro atoms. The summed E-state index contributed by atoms with van der Waals surface area (Å²) in [5.74, 6) is 0.558. The number of nitrogens with zero attached hydrogens (tertiary/aromatic N) is 2. The van der Waals surface area contributed by atoms with E-state index in [1.54, 1.807) is 24.3 Å². The molecule has 0 aliphatic heterocycles. The Morgan fingerprint density at radius 1 is 1.19 bits per heavy atom. The topological polar surface area (TPSA) is 82.3 Å². The van der Waals surface area contributed by atoms with E-state index < -0.39 is 33.3 Å². The summed E-state index contributed by atoms with van der Waals surface area (Å²) in [6.07, 6.45) is -4.81. The maximum atomic E-state index is 13.0. The van der Waals surface area contributed by atoms with Crippen molar-refractivity contribution in [3.05, 3.63) is 62.4 Å². The average Bonchev–Trinajstić information content (AvgIpc) is 2.60. The maximum absolute atomic E-state index is 13.0. The van der Waals surface area contributed by atoms with Gasteiger partial charge in [-0.05, 0) is 30.3 Å². The summed E-state index contributed by atoms with van der Waals surface area (Å²) < 4.78 is 43.7. The van der Waals surface area contributed by atoms with Crippen LogP contribution < -0.4 is 10.3 Å². The van der Waals surface area contributed by atoms with Gasteiger partial charge in [0.2, 0.25) is 0 Å². The normalized spacial score (nSPS) is 11.5. The molecule has 3 rings (SSSR count). The van der Waals surface area contributed by atoms with Gasteiger partial charge in [-0.1, -0.05) is 0 Å². The summed E-state index contributed by atoms with van der Waals surface area (Å²) in [5.41, 5.74) is -2.52. The second-order valence-corrected chi connectivity index (χ2v) is 6.18. The van der Waals surface area contributed by atoms with Crippen molar-refractivity contribution in [1.82, 2.24) is 4.98 Å². The molecule has 0 amide bonds. The third kappa shape index (κ3) is 3.23. The van der Waals surface area contributed by atoms with E-state index in [1.165, 1.54) is 7.11 Å². The Morgan fingerprint density at radius 3 is 2.38 bits per heavy atom. The number of nitro benzene ring substituents is 1. The molecule has 134 valence electrons. The summed E-state index contributed by atoms with van der Waals surface area (Å²) in [5, 5.41) is 11.0. The second kappa shape index (κ2) is 6.37. The predicted molar refractivity (Wildman–Crippen MR) is 89.5 cm³/mol. The zero-order valence-corrected chi connectivity index (χ0v) is 13.9. The summed E-state index contributed by atoms with van der Waals surface area (Å²) in [7, 11) is 1.48. The molecule has 2 aromatic carbocycles. The highest BCUT2D eigenvalue weighted by Gasteiger charge is 2.34. The summed E-state index contributed by atoms with van der Waals surface area (Å²) in [4.78, 5) is 26.3. The van der Waals surface area contributed by atoms with Gasteiger partial charge in [-0.2, -0.15) is 18.2 Å². The fraction of sp³-hybridized carbons (Fsp3) is 0.125. The number of hydrogen-bond donors (Lipinski definition) is 0. The first kappa shape index (κ1) is 17.8. The minimum atomic E-state index is -4.81. The number of alkyl halides is 3. The number of rotatable bonds is 3. The van der Waals surface area contributed by atoms with Gasteiger partial charge in [0.15, 0.2) is 0 Å². The number of hydrogen-bond acceptors (Lipinski definition) is 6. The maximum Gasteiger partial charge on any atom is 0.416 e. The highest BCUT2D eigenvalue weighted by atomic mass is 32.1. The van der Waals surface area contributed by atoms with E-state index >= 15 is 0 Å². The van der Waals surface area contributed by atoms with E-state index in [1.807, 2.05) is 0 Å². The van der Waals surface area contributed by atoms with Crippen molar-refractivity contribution < 1.29 is 22.8 Å². The highest BCUT2D eigenvalue weighted by molar-refractivity contribution is 7.21. The number of ether oxygens (including phenoxy) is 1. The lowest BCUT2D eigenvalue weighted by Crippen LogP contribution is -2.11. The van der Waals surface area contributed by atoms with Crippen LogP contribution in [0.1, 0.15) is 5.56 Å². The molecule has 6 nitrogen and oxygen atoms in total. The number of fused-ring (bicyclic) bond motifs is 1. The highest BCUT2D eigenvalue weighted by Crippen LogP contribution is 2.38. The van der Waals surface area contributed by atoms with Crippen LogP contribution >= 0.6 is 11.3 Å². The average molecular weight is 382 g/mol. The molecular formula is C16H9F3N2O4S. The smallest absolute Gasteiger partial charge is 0.416 e. The number of benzene rings is 2. The predicted octanol–water partition coefficient (Wildman–Crippen LogP) is 4.26. The fourth-order valence-corrected chi connectivity index (χ4v) is 3.38. The van der Waals surface area contributed by atoms with Crippen molar-refractivity contribution in [2.45, 2.75) is 6.18 Å². The molecule has 1 aromatic heterocycles. The number of methoxy groups -OCH3 is 1. The molecule has 0 fully saturated rings. The van der Waals surface area contributed by atoms with Crippen LogP contribution in [0.25, 0.3) is 20.7 Å². The molecule has 10 heteroatoms. The molecule has 0 saturated heterocycles. The molecular weight excluding hydrogens is 373 g/mol. The lowest BCUT2D eigenvalue weighted by Gasteiger charge is -2.08. The Morgan fingerprint density at radius 2 is 1.85 bits per heavy atom. The van der Waals surface area contributed by atoms with Gasteiger partial charge in [0, 0.05) is 11.6 Å². The molecule has 0 N–H and O–H groups in total. The Labute approximate surface area is 147 Å². The molecule has 0 saturated carbocycles. The van der Waals surface area contributed by atoms with Gasteiger partial charge < -0.3 is 4.74 Å². The van der Waals surface area contributed by atoms with Gasteiger partial charge >= 0.3 is 6.18 Å². The molecule has 0 aliphatic rings. The van der Waals surface area contributed by atoms with Crippen molar-refractivity contribution >= 4 is 27.1 Å². The van der Waals surface area contributed by atoms with Gasteiger partial charge in [0.25, 0.3) is 11.2 Å². The largest absolute Gasteiger partial charge is 0.497 e. The standard InChI is InChI=1S/C16H9F3N2O4S/c1-25-10-4-2-8(3-5-10)15-20-14(22)11-6-9(16(17,18)19)7-12(21(23)24)13(11)26-15/h2-7H,1H3. The molecule has 0 radical (unpaired) electrons. The van der Waals surface area contributed by atoms with Crippen molar-refractivity contribution in [2.24, 2.45) is 0 Å². The lowest BCUT2D eigenvalue weighted by atomic mass is 10.1. The minimum absolute atomic E-state index is 0.159. The van der Waals surface area contributed by atoms with Gasteiger partial charge in [-0.3, -0.25) is 14.9 Å². The van der Waals surface area contributed by atoms with Crippen LogP contribution in [0.5, 0.6) is 5.75 Å². The molecule has 0 bridgehead atoms. The zero-order chi connectivity index (χ0) is 19.1. The first-order valence-electron chi connectivity index (χ1n) is 7.05. The van der Waals surface area contributed by atoms with Crippen LogP contribution in [-0.4, -0.2) is 17.0 Å². The van der Waals surface area contributed by atoms with Crippen LogP contribution in [0.15, 0.2) is 41.2 Å². The number of nitro groups is 1. The molecule has 3 aromatic rings. The summed E-state index contributed by atoms with van der Waals surface area (Å²) in [6, 6.07) is 7.43. The van der Waals surface area contributed by atoms with Gasteiger partial charge in [-0.15, -0.1) is 11.3 Å². The van der Waals surface area contributed by atoms with Crippen molar-refractivity contribution in [3.63, 3.8) is 0 Å². The summed E-state index contributed by atoms with van der Waals surface area (Å²) in [6.45, 7) is 0. The van der Waals surface area contributed by atoms with Gasteiger partial charge in [0.1, 0.15) is 15.5 Å². The van der Waals surface area contributed by atoms with Crippen LogP contribution in [0.4, 0.5) is 18.9 Å². The Kier molecular flexibility index (Phi) is 4.36. The van der Waals surface area contributed by atoms with E-state index in [0.717, 1.165) is 11.3 Å². The van der Waals surface area contributed by atoms with Crippen LogP contribution in [0, 0.1) is 10.1 Å². The van der Waals surface area contributed by atoms with Crippen molar-refractivity contribution in [2.75, 3.05) is 7.11 Å². The van der Waals surface area contributed by atoms with Crippen LogP contribution in [0.2, 0.25) is 0 Å². The summed E-state index contributed by atoms with van der Waals surface area (Å²) >= 11 is 0.781. The molecule has 0 unspecified atom stereocenters. The minimum Gasteiger partial charge on any atom is -0.497 e. The first-order chi connectivity index (χ1) is 12.2. The van der Waals surface area contributed by atoms with E-state index in [9.17, 15) is 28.1 Å². The van der Waals surface area contributed by atoms with E-state index in [2.05, 4.69) is 4.98 Å². The van der Waals surface area contributed by atoms with E-state index in [-0.39, 0.29) is 9.71 Å². The number of non-ortho nitro benzene ring substituents is 1.